The Balaban J connectivity index is 1.50. The van der Waals surface area contributed by atoms with Gasteiger partial charge < -0.3 is 14.9 Å². The Kier molecular flexibility index (Phi) is 4.66. The minimum atomic E-state index is -0.488. The highest BCUT2D eigenvalue weighted by Gasteiger charge is 2.30. The van der Waals surface area contributed by atoms with Crippen molar-refractivity contribution in [1.29, 1.82) is 0 Å². The van der Waals surface area contributed by atoms with E-state index in [1.54, 1.807) is 21.8 Å². The van der Waals surface area contributed by atoms with Crippen molar-refractivity contribution < 1.29 is 18.7 Å². The van der Waals surface area contributed by atoms with Gasteiger partial charge in [-0.15, -0.1) is 0 Å². The third-order valence-electron chi connectivity index (χ3n) is 6.09. The number of rotatable bonds is 3. The summed E-state index contributed by atoms with van der Waals surface area (Å²) in [5, 5.41) is 14.0. The van der Waals surface area contributed by atoms with Crippen molar-refractivity contribution in [2.45, 2.75) is 31.4 Å². The summed E-state index contributed by atoms with van der Waals surface area (Å²) in [5.41, 5.74) is 2.32. The number of fused-ring (bicyclic) bond motifs is 1. The third kappa shape index (κ3) is 3.21. The molecule has 6 nitrogen and oxygen atoms in total. The molecule has 2 saturated heterocycles. The molecule has 5 rings (SSSR count). The molecule has 0 saturated carbocycles. The van der Waals surface area contributed by atoms with Gasteiger partial charge >= 0.3 is 0 Å². The van der Waals surface area contributed by atoms with E-state index in [9.17, 15) is 18.7 Å². The largest absolute Gasteiger partial charge is 0.391 e. The van der Waals surface area contributed by atoms with Crippen molar-refractivity contribution in [1.82, 2.24) is 14.5 Å². The number of amides is 1. The second-order valence-corrected chi connectivity index (χ2v) is 7.98. The maximum Gasteiger partial charge on any atom is 0.257 e. The summed E-state index contributed by atoms with van der Waals surface area (Å²) in [6, 6.07) is 7.06. The summed E-state index contributed by atoms with van der Waals surface area (Å²) in [6.07, 6.45) is 4.99. The molecule has 2 aromatic heterocycles. The number of nitrogens with zero attached hydrogens (tertiary/aromatic N) is 4. The summed E-state index contributed by atoms with van der Waals surface area (Å²) in [4.78, 5) is 16.6. The Morgan fingerprint density at radius 2 is 2.00 bits per heavy atom. The number of aliphatic hydroxyl groups excluding tert-OH is 1. The van der Waals surface area contributed by atoms with Gasteiger partial charge in [0.25, 0.3) is 5.91 Å². The predicted molar refractivity (Wildman–Crippen MR) is 107 cm³/mol. The van der Waals surface area contributed by atoms with Crippen LogP contribution in [-0.2, 0) is 0 Å². The number of β-amino-alcohol motifs (C(OH)–C–C–N with tert-alkyl or cyclic N) is 1. The lowest BCUT2D eigenvalue weighted by molar-refractivity contribution is 0.0767. The quantitative estimate of drug-likeness (QED) is 0.718. The number of aromatic nitrogens is 2. The second-order valence-electron chi connectivity index (χ2n) is 7.98. The number of pyridine rings is 1. The third-order valence-corrected chi connectivity index (χ3v) is 6.09. The summed E-state index contributed by atoms with van der Waals surface area (Å²) in [6.45, 7) is 1.56. The highest BCUT2D eigenvalue weighted by atomic mass is 19.1. The monoisotopic (exact) mass is 412 g/mol. The molecule has 2 aliphatic heterocycles. The van der Waals surface area contributed by atoms with Crippen molar-refractivity contribution in [2.75, 3.05) is 24.5 Å². The normalized spacial score (nSPS) is 21.7. The lowest BCUT2D eigenvalue weighted by Gasteiger charge is -2.27. The first-order valence-corrected chi connectivity index (χ1v) is 10.2. The zero-order valence-electron chi connectivity index (χ0n) is 16.3. The number of hydrogen-bond donors (Lipinski definition) is 1. The predicted octanol–water partition coefficient (Wildman–Crippen LogP) is 3.16. The molecule has 0 aliphatic carbocycles. The molecular formula is C22H22F2N4O2. The van der Waals surface area contributed by atoms with Gasteiger partial charge in [-0.05, 0) is 49.6 Å². The van der Waals surface area contributed by atoms with Crippen molar-refractivity contribution in [3.8, 4) is 0 Å². The van der Waals surface area contributed by atoms with Crippen LogP contribution in [0.15, 0.2) is 42.7 Å². The second kappa shape index (κ2) is 7.36. The zero-order chi connectivity index (χ0) is 20.8. The first-order chi connectivity index (χ1) is 14.5. The first-order valence-electron chi connectivity index (χ1n) is 10.2. The molecule has 156 valence electrons. The zero-order valence-corrected chi connectivity index (χ0v) is 16.3. The molecule has 30 heavy (non-hydrogen) atoms. The van der Waals surface area contributed by atoms with Crippen LogP contribution in [0.2, 0.25) is 0 Å². The number of carbonyl (C=O) groups excluding carboxylic acids is 1. The molecule has 4 heterocycles. The molecule has 2 aliphatic rings. The standard InChI is InChI=1S/C22H22F2N4O2/c23-14-3-4-19(24)17(10-14)20-2-1-7-27(20)15-5-9-28-21(11-15)18(12-25-28)22(30)26-8-6-16(29)13-26/h3-5,9-12,16,20,29H,1-2,6-8,13H2/t16-,20+/m0/s1. The lowest BCUT2D eigenvalue weighted by Crippen LogP contribution is -2.29. The summed E-state index contributed by atoms with van der Waals surface area (Å²) in [5.74, 6) is -1.03. The van der Waals surface area contributed by atoms with E-state index in [4.69, 9.17) is 0 Å². The van der Waals surface area contributed by atoms with Gasteiger partial charge in [-0.1, -0.05) is 0 Å². The van der Waals surface area contributed by atoms with Crippen molar-refractivity contribution in [2.24, 2.45) is 0 Å². The molecule has 8 heteroatoms. The fraction of sp³-hybridized carbons (Fsp3) is 0.364. The average molecular weight is 412 g/mol. The minimum absolute atomic E-state index is 0.159. The molecule has 1 N–H and O–H groups in total. The molecular weight excluding hydrogens is 390 g/mol. The Hall–Kier alpha value is -3.00. The van der Waals surface area contributed by atoms with Crippen LogP contribution in [0.5, 0.6) is 0 Å². The van der Waals surface area contributed by atoms with Gasteiger partial charge in [0, 0.05) is 37.1 Å². The number of halogens is 2. The summed E-state index contributed by atoms with van der Waals surface area (Å²) in [7, 11) is 0. The Labute approximate surface area is 172 Å². The van der Waals surface area contributed by atoms with Gasteiger partial charge in [-0.2, -0.15) is 5.10 Å². The summed E-state index contributed by atoms with van der Waals surface area (Å²) >= 11 is 0. The molecule has 2 fully saturated rings. The molecule has 0 spiro atoms. The van der Waals surface area contributed by atoms with Gasteiger partial charge in [0.1, 0.15) is 11.6 Å². The molecule has 0 bridgehead atoms. The smallest absolute Gasteiger partial charge is 0.257 e. The van der Waals surface area contributed by atoms with Crippen LogP contribution in [0.3, 0.4) is 0 Å². The van der Waals surface area contributed by atoms with Crippen LogP contribution >= 0.6 is 0 Å². The SMILES string of the molecule is O=C(c1cnn2ccc(N3CCC[C@@H]3c3cc(F)ccc3F)cc12)N1CC[C@H](O)C1. The van der Waals surface area contributed by atoms with E-state index in [-0.39, 0.29) is 11.9 Å². The number of benzene rings is 1. The van der Waals surface area contributed by atoms with Crippen molar-refractivity contribution in [3.05, 3.63) is 65.5 Å². The van der Waals surface area contributed by atoms with Gasteiger partial charge in [-0.3, -0.25) is 4.79 Å². The first kappa shape index (κ1) is 19.0. The van der Waals surface area contributed by atoms with Crippen LogP contribution in [0.1, 0.15) is 41.2 Å². The Morgan fingerprint density at radius 3 is 2.80 bits per heavy atom. The van der Waals surface area contributed by atoms with Gasteiger partial charge in [0.15, 0.2) is 0 Å². The van der Waals surface area contributed by atoms with E-state index in [2.05, 4.69) is 10.00 Å². The highest BCUT2D eigenvalue weighted by molar-refractivity contribution is 6.01. The van der Waals surface area contributed by atoms with Crippen molar-refractivity contribution >= 4 is 17.1 Å². The lowest BCUT2D eigenvalue weighted by atomic mass is 10.0. The van der Waals surface area contributed by atoms with E-state index in [1.807, 2.05) is 12.1 Å². The molecule has 3 aromatic rings. The highest BCUT2D eigenvalue weighted by Crippen LogP contribution is 2.38. The summed E-state index contributed by atoms with van der Waals surface area (Å²) < 4.78 is 29.8. The maximum absolute atomic E-state index is 14.4. The molecule has 1 aromatic carbocycles. The number of hydrogen-bond acceptors (Lipinski definition) is 4. The van der Waals surface area contributed by atoms with E-state index in [1.165, 1.54) is 12.1 Å². The van der Waals surface area contributed by atoms with Gasteiger partial charge in [-0.25, -0.2) is 13.3 Å². The van der Waals surface area contributed by atoms with E-state index >= 15 is 0 Å². The molecule has 1 amide bonds. The average Bonchev–Trinajstić information content (AvgIpc) is 3.47. The molecule has 0 unspecified atom stereocenters. The van der Waals surface area contributed by atoms with Crippen molar-refractivity contribution in [3.63, 3.8) is 0 Å². The van der Waals surface area contributed by atoms with E-state index in [0.717, 1.165) is 24.6 Å². The van der Waals surface area contributed by atoms with Crippen LogP contribution in [0, 0.1) is 11.6 Å². The van der Waals surface area contributed by atoms with E-state index < -0.39 is 17.7 Å². The minimum Gasteiger partial charge on any atom is -0.391 e. The maximum atomic E-state index is 14.4. The molecule has 0 radical (unpaired) electrons. The van der Waals surface area contributed by atoms with Crippen LogP contribution in [-0.4, -0.2) is 51.3 Å². The van der Waals surface area contributed by atoms with Crippen LogP contribution in [0.4, 0.5) is 14.5 Å². The Bertz CT molecular complexity index is 1120. The number of aliphatic hydroxyl groups is 1. The number of likely N-dealkylation sites (tertiary alicyclic amines) is 1. The van der Waals surface area contributed by atoms with Crippen LogP contribution in [0.25, 0.3) is 5.52 Å². The number of anilines is 1. The topological polar surface area (TPSA) is 61.1 Å². The fourth-order valence-electron chi connectivity index (χ4n) is 4.58. The van der Waals surface area contributed by atoms with Gasteiger partial charge in [0.05, 0.1) is 29.4 Å². The number of carbonyl (C=O) groups is 1. The fourth-order valence-corrected chi connectivity index (χ4v) is 4.58. The van der Waals surface area contributed by atoms with Gasteiger partial charge in [0.2, 0.25) is 0 Å². The molecule has 2 atom stereocenters. The Morgan fingerprint density at radius 1 is 1.13 bits per heavy atom. The van der Waals surface area contributed by atoms with Crippen LogP contribution < -0.4 is 4.90 Å². The van der Waals surface area contributed by atoms with E-state index in [0.29, 0.717) is 42.7 Å².